The fourth-order valence-corrected chi connectivity index (χ4v) is 5.59. The largest absolute Gasteiger partial charge is 0.484 e. The number of hydrazone groups is 1. The van der Waals surface area contributed by atoms with E-state index in [-0.39, 0.29) is 30.5 Å². The van der Waals surface area contributed by atoms with E-state index in [4.69, 9.17) is 9.84 Å². The van der Waals surface area contributed by atoms with Crippen LogP contribution in [0.3, 0.4) is 0 Å². The van der Waals surface area contributed by atoms with Gasteiger partial charge in [-0.1, -0.05) is 24.3 Å². The molecule has 2 aromatic carbocycles. The Morgan fingerprint density at radius 2 is 1.79 bits per heavy atom. The summed E-state index contributed by atoms with van der Waals surface area (Å²) in [6.45, 7) is 4.15. The average Bonchev–Trinajstić information content (AvgIpc) is 3.63. The van der Waals surface area contributed by atoms with Gasteiger partial charge in [-0.2, -0.15) is 10.2 Å². The van der Waals surface area contributed by atoms with E-state index in [1.165, 1.54) is 0 Å². The van der Waals surface area contributed by atoms with Gasteiger partial charge >= 0.3 is 0 Å². The Hall–Kier alpha value is -4.24. The third kappa shape index (κ3) is 6.26. The van der Waals surface area contributed by atoms with E-state index in [1.54, 1.807) is 46.5 Å². The molecular weight excluding hydrogens is 510 g/mol. The lowest BCUT2D eigenvalue weighted by atomic mass is 9.97. The standard InChI is InChI=1S/C30H31N5O3S/c1-21-8-6-9-22(2)35(21)28(36)20-38-26-15-13-23(14-16-26)30(37)32-31-18-24-19-34(25-10-4-3-5-11-25)33-29(24)27-12-7-17-39-27/h3-5,7,10-19,21-22H,6,8-9,20H2,1-2H3,(H,32,37)/b31-18-/t21-,22-/m0/s1. The molecule has 3 heterocycles. The van der Waals surface area contributed by atoms with Gasteiger partial charge in [0.25, 0.3) is 11.8 Å². The van der Waals surface area contributed by atoms with E-state index in [0.717, 1.165) is 41.1 Å². The Balaban J connectivity index is 1.20. The van der Waals surface area contributed by atoms with Crippen molar-refractivity contribution in [3.05, 3.63) is 89.4 Å². The van der Waals surface area contributed by atoms with Gasteiger partial charge in [-0.25, -0.2) is 10.1 Å². The average molecular weight is 542 g/mol. The van der Waals surface area contributed by atoms with Gasteiger partial charge in [0.15, 0.2) is 6.61 Å². The Labute approximate surface area is 231 Å². The number of nitrogens with zero attached hydrogens (tertiary/aromatic N) is 4. The van der Waals surface area contributed by atoms with Crippen LogP contribution in [-0.4, -0.2) is 51.4 Å². The van der Waals surface area contributed by atoms with Crippen LogP contribution in [0.1, 0.15) is 49.0 Å². The number of rotatable bonds is 8. The topological polar surface area (TPSA) is 88.8 Å². The predicted molar refractivity (Wildman–Crippen MR) is 153 cm³/mol. The first kappa shape index (κ1) is 26.4. The number of amides is 2. The molecule has 39 heavy (non-hydrogen) atoms. The number of ether oxygens (including phenoxy) is 1. The third-order valence-electron chi connectivity index (χ3n) is 6.85. The summed E-state index contributed by atoms with van der Waals surface area (Å²) in [5, 5.41) is 10.9. The minimum Gasteiger partial charge on any atom is -0.484 e. The number of hydrogen-bond donors (Lipinski definition) is 1. The summed E-state index contributed by atoms with van der Waals surface area (Å²) in [6, 6.07) is 20.9. The van der Waals surface area contributed by atoms with E-state index >= 15 is 0 Å². The second kappa shape index (κ2) is 12.1. The van der Waals surface area contributed by atoms with Crippen molar-refractivity contribution in [3.8, 4) is 22.0 Å². The molecule has 200 valence electrons. The summed E-state index contributed by atoms with van der Waals surface area (Å²) in [5.74, 6) is 0.177. The molecule has 1 saturated heterocycles. The van der Waals surface area contributed by atoms with Gasteiger partial charge in [0.1, 0.15) is 11.4 Å². The summed E-state index contributed by atoms with van der Waals surface area (Å²) in [6.07, 6.45) is 6.68. The van der Waals surface area contributed by atoms with Crippen LogP contribution in [0.4, 0.5) is 0 Å². The molecule has 4 aromatic rings. The molecule has 5 rings (SSSR count). The molecule has 0 saturated carbocycles. The lowest BCUT2D eigenvalue weighted by Crippen LogP contribution is -2.49. The molecule has 1 N–H and O–H groups in total. The first-order valence-electron chi connectivity index (χ1n) is 13.1. The first-order valence-corrected chi connectivity index (χ1v) is 13.9. The number of likely N-dealkylation sites (tertiary alicyclic amines) is 1. The Kier molecular flexibility index (Phi) is 8.17. The van der Waals surface area contributed by atoms with Crippen molar-refractivity contribution in [3.63, 3.8) is 0 Å². The quantitative estimate of drug-likeness (QED) is 0.235. The molecule has 0 bridgehead atoms. The molecule has 9 heteroatoms. The van der Waals surface area contributed by atoms with Crippen LogP contribution in [-0.2, 0) is 4.79 Å². The van der Waals surface area contributed by atoms with E-state index in [9.17, 15) is 9.59 Å². The Bertz CT molecular complexity index is 1420. The maximum absolute atomic E-state index is 12.7. The lowest BCUT2D eigenvalue weighted by Gasteiger charge is -2.38. The van der Waals surface area contributed by atoms with Crippen LogP contribution >= 0.6 is 11.3 Å². The molecule has 1 aliphatic rings. The van der Waals surface area contributed by atoms with E-state index in [1.807, 2.05) is 58.9 Å². The van der Waals surface area contributed by atoms with Gasteiger partial charge in [0, 0.05) is 29.4 Å². The second-order valence-corrected chi connectivity index (χ2v) is 10.6. The molecule has 2 aromatic heterocycles. The zero-order valence-corrected chi connectivity index (χ0v) is 22.8. The third-order valence-corrected chi connectivity index (χ3v) is 7.72. The van der Waals surface area contributed by atoms with Crippen LogP contribution in [0, 0.1) is 0 Å². The van der Waals surface area contributed by atoms with Crippen LogP contribution < -0.4 is 10.2 Å². The lowest BCUT2D eigenvalue weighted by molar-refractivity contribution is -0.139. The van der Waals surface area contributed by atoms with Crippen molar-refractivity contribution in [2.75, 3.05) is 6.61 Å². The number of carbonyl (C=O) groups excluding carboxylic acids is 2. The fourth-order valence-electron chi connectivity index (χ4n) is 4.86. The molecule has 0 unspecified atom stereocenters. The molecule has 1 fully saturated rings. The van der Waals surface area contributed by atoms with Crippen LogP contribution in [0.2, 0.25) is 0 Å². The number of aromatic nitrogens is 2. The van der Waals surface area contributed by atoms with Crippen molar-refractivity contribution in [1.29, 1.82) is 0 Å². The van der Waals surface area contributed by atoms with Crippen molar-refractivity contribution >= 4 is 29.4 Å². The number of nitrogens with one attached hydrogen (secondary N) is 1. The van der Waals surface area contributed by atoms with Gasteiger partial charge in [-0.3, -0.25) is 9.59 Å². The highest BCUT2D eigenvalue weighted by atomic mass is 32.1. The summed E-state index contributed by atoms with van der Waals surface area (Å²) >= 11 is 1.59. The molecule has 0 spiro atoms. The van der Waals surface area contributed by atoms with Gasteiger partial charge in [-0.05, 0) is 81.0 Å². The summed E-state index contributed by atoms with van der Waals surface area (Å²) in [5.41, 5.74) is 5.53. The summed E-state index contributed by atoms with van der Waals surface area (Å²) in [4.78, 5) is 28.3. The van der Waals surface area contributed by atoms with Crippen LogP contribution in [0.25, 0.3) is 16.3 Å². The van der Waals surface area contributed by atoms with Crippen molar-refractivity contribution in [2.45, 2.75) is 45.2 Å². The summed E-state index contributed by atoms with van der Waals surface area (Å²) in [7, 11) is 0. The van der Waals surface area contributed by atoms with Crippen LogP contribution in [0.5, 0.6) is 5.75 Å². The molecule has 0 aliphatic carbocycles. The van der Waals surface area contributed by atoms with Crippen molar-refractivity contribution in [2.24, 2.45) is 5.10 Å². The number of hydrogen-bond acceptors (Lipinski definition) is 6. The zero-order chi connectivity index (χ0) is 27.2. The molecular formula is C30H31N5O3S. The van der Waals surface area contributed by atoms with Gasteiger partial charge in [-0.15, -0.1) is 11.3 Å². The van der Waals surface area contributed by atoms with E-state index in [0.29, 0.717) is 11.3 Å². The Morgan fingerprint density at radius 3 is 2.49 bits per heavy atom. The number of thiophene rings is 1. The SMILES string of the molecule is C[C@H]1CCC[C@H](C)N1C(=O)COc1ccc(C(=O)N/N=C\c2cn(-c3ccccc3)nc2-c2cccs2)cc1. The maximum atomic E-state index is 12.7. The molecule has 2 atom stereocenters. The minimum atomic E-state index is -0.349. The highest BCUT2D eigenvalue weighted by Gasteiger charge is 2.29. The molecule has 2 amide bonds. The highest BCUT2D eigenvalue weighted by molar-refractivity contribution is 7.13. The van der Waals surface area contributed by atoms with E-state index in [2.05, 4.69) is 24.4 Å². The molecule has 1 aliphatic heterocycles. The highest BCUT2D eigenvalue weighted by Crippen LogP contribution is 2.27. The zero-order valence-electron chi connectivity index (χ0n) is 22.0. The smallest absolute Gasteiger partial charge is 0.271 e. The summed E-state index contributed by atoms with van der Waals surface area (Å²) < 4.78 is 7.52. The van der Waals surface area contributed by atoms with Crippen LogP contribution in [0.15, 0.2) is 83.4 Å². The normalized spacial score (nSPS) is 17.3. The van der Waals surface area contributed by atoms with Gasteiger partial charge in [0.05, 0.1) is 16.8 Å². The maximum Gasteiger partial charge on any atom is 0.271 e. The first-order chi connectivity index (χ1) is 19.0. The van der Waals surface area contributed by atoms with Crippen molar-refractivity contribution in [1.82, 2.24) is 20.1 Å². The number of piperidine rings is 1. The second-order valence-electron chi connectivity index (χ2n) is 9.63. The predicted octanol–water partition coefficient (Wildman–Crippen LogP) is 5.53. The molecule has 8 nitrogen and oxygen atoms in total. The monoisotopic (exact) mass is 541 g/mol. The minimum absolute atomic E-state index is 0.0108. The number of benzene rings is 2. The van der Waals surface area contributed by atoms with Gasteiger partial charge in [0.2, 0.25) is 0 Å². The van der Waals surface area contributed by atoms with Gasteiger partial charge < -0.3 is 9.64 Å². The number of carbonyl (C=O) groups is 2. The Morgan fingerprint density at radius 1 is 1.05 bits per heavy atom. The number of para-hydroxylation sites is 1. The van der Waals surface area contributed by atoms with E-state index < -0.39 is 0 Å². The fraction of sp³-hybridized carbons (Fsp3) is 0.267. The molecule has 0 radical (unpaired) electrons. The van der Waals surface area contributed by atoms with Crippen molar-refractivity contribution < 1.29 is 14.3 Å².